The predicted molar refractivity (Wildman–Crippen MR) is 91.3 cm³/mol. The number of hydrogen-bond acceptors (Lipinski definition) is 4. The molecule has 5 nitrogen and oxygen atoms in total. The van der Waals surface area contributed by atoms with Crippen LogP contribution in [0.2, 0.25) is 0 Å². The van der Waals surface area contributed by atoms with E-state index < -0.39 is 0 Å². The fourth-order valence-electron chi connectivity index (χ4n) is 2.59. The number of anilines is 1. The van der Waals surface area contributed by atoms with Gasteiger partial charge in [0.25, 0.3) is 0 Å². The highest BCUT2D eigenvalue weighted by molar-refractivity contribution is 5.85. The van der Waals surface area contributed by atoms with E-state index in [1.54, 1.807) is 7.11 Å². The molecule has 1 aromatic carbocycles. The van der Waals surface area contributed by atoms with Gasteiger partial charge in [0.1, 0.15) is 0 Å². The third kappa shape index (κ3) is 5.83. The minimum atomic E-state index is 0. The van der Waals surface area contributed by atoms with E-state index in [0.717, 1.165) is 57.0 Å². The average Bonchev–Trinajstić information content (AvgIpc) is 2.73. The average molecular weight is 328 g/mol. The lowest BCUT2D eigenvalue weighted by Gasteiger charge is -2.22. The van der Waals surface area contributed by atoms with E-state index >= 15 is 0 Å². The summed E-state index contributed by atoms with van der Waals surface area (Å²) in [6, 6.07) is 7.54. The monoisotopic (exact) mass is 327 g/mol. The first-order valence-electron chi connectivity index (χ1n) is 7.52. The van der Waals surface area contributed by atoms with Crippen LogP contribution in [0.1, 0.15) is 12.0 Å². The lowest BCUT2D eigenvalue weighted by Crippen LogP contribution is -2.36. The Balaban J connectivity index is 0.00000242. The standard InChI is InChI=1S/C16H25N3O2.ClH/c1-21-12-11-18-7-2-8-19(10-9-18)16(20)13-14-3-5-15(17)6-4-14;/h3-6H,2,7-13,17H2,1H3;1H. The van der Waals surface area contributed by atoms with Gasteiger partial charge in [-0.15, -0.1) is 12.4 Å². The van der Waals surface area contributed by atoms with Crippen LogP contribution in [0.5, 0.6) is 0 Å². The number of ether oxygens (including phenoxy) is 1. The van der Waals surface area contributed by atoms with Crippen molar-refractivity contribution in [2.45, 2.75) is 12.8 Å². The number of halogens is 1. The van der Waals surface area contributed by atoms with E-state index in [4.69, 9.17) is 10.5 Å². The van der Waals surface area contributed by atoms with Crippen molar-refractivity contribution in [2.24, 2.45) is 0 Å². The largest absolute Gasteiger partial charge is 0.399 e. The maximum atomic E-state index is 12.4. The Labute approximate surface area is 138 Å². The number of carbonyl (C=O) groups excluding carboxylic acids is 1. The molecule has 0 aliphatic carbocycles. The van der Waals surface area contributed by atoms with Crippen molar-refractivity contribution in [3.63, 3.8) is 0 Å². The van der Waals surface area contributed by atoms with Crippen molar-refractivity contribution in [3.05, 3.63) is 29.8 Å². The van der Waals surface area contributed by atoms with Gasteiger partial charge in [-0.3, -0.25) is 9.69 Å². The zero-order chi connectivity index (χ0) is 15.1. The van der Waals surface area contributed by atoms with Crippen molar-refractivity contribution in [1.82, 2.24) is 9.80 Å². The molecule has 6 heteroatoms. The molecule has 1 aliphatic rings. The van der Waals surface area contributed by atoms with E-state index in [2.05, 4.69) is 4.90 Å². The molecular weight excluding hydrogens is 302 g/mol. The summed E-state index contributed by atoms with van der Waals surface area (Å²) in [4.78, 5) is 16.7. The molecule has 0 spiro atoms. The van der Waals surface area contributed by atoms with E-state index in [1.807, 2.05) is 29.2 Å². The van der Waals surface area contributed by atoms with Crippen LogP contribution in [-0.4, -0.2) is 62.1 Å². The second-order valence-corrected chi connectivity index (χ2v) is 5.49. The number of nitrogens with two attached hydrogens (primary N) is 1. The summed E-state index contributed by atoms with van der Waals surface area (Å²) in [7, 11) is 1.72. The van der Waals surface area contributed by atoms with E-state index in [-0.39, 0.29) is 18.3 Å². The lowest BCUT2D eigenvalue weighted by molar-refractivity contribution is -0.130. The van der Waals surface area contributed by atoms with E-state index in [9.17, 15) is 4.79 Å². The minimum absolute atomic E-state index is 0. The van der Waals surface area contributed by atoms with Gasteiger partial charge in [-0.05, 0) is 30.7 Å². The maximum Gasteiger partial charge on any atom is 0.227 e. The Kier molecular flexibility index (Phi) is 8.24. The molecule has 1 saturated heterocycles. The first kappa shape index (κ1) is 18.7. The van der Waals surface area contributed by atoms with Gasteiger partial charge in [-0.1, -0.05) is 12.1 Å². The van der Waals surface area contributed by atoms with Crippen LogP contribution in [0.15, 0.2) is 24.3 Å². The first-order chi connectivity index (χ1) is 10.2. The Morgan fingerprint density at radius 1 is 1.18 bits per heavy atom. The molecule has 0 unspecified atom stereocenters. The third-order valence-corrected chi connectivity index (χ3v) is 3.89. The summed E-state index contributed by atoms with van der Waals surface area (Å²) in [5.41, 5.74) is 7.42. The van der Waals surface area contributed by atoms with Crippen LogP contribution >= 0.6 is 12.4 Å². The number of nitrogen functional groups attached to an aromatic ring is 1. The molecule has 1 heterocycles. The molecule has 0 aromatic heterocycles. The molecule has 1 aliphatic heterocycles. The summed E-state index contributed by atoms with van der Waals surface area (Å²) in [6.07, 6.45) is 1.48. The van der Waals surface area contributed by atoms with Crippen LogP contribution in [-0.2, 0) is 16.0 Å². The van der Waals surface area contributed by atoms with Crippen LogP contribution in [0.4, 0.5) is 5.69 Å². The number of carbonyl (C=O) groups is 1. The maximum absolute atomic E-state index is 12.4. The van der Waals surface area contributed by atoms with Gasteiger partial charge in [0.05, 0.1) is 13.0 Å². The molecule has 0 radical (unpaired) electrons. The van der Waals surface area contributed by atoms with Gasteiger partial charge in [-0.2, -0.15) is 0 Å². The second-order valence-electron chi connectivity index (χ2n) is 5.49. The number of benzene rings is 1. The Morgan fingerprint density at radius 2 is 1.91 bits per heavy atom. The van der Waals surface area contributed by atoms with Gasteiger partial charge in [0, 0.05) is 39.0 Å². The van der Waals surface area contributed by atoms with Gasteiger partial charge in [0.15, 0.2) is 0 Å². The molecule has 2 rings (SSSR count). The summed E-state index contributed by atoms with van der Waals surface area (Å²) in [5, 5.41) is 0. The topological polar surface area (TPSA) is 58.8 Å². The van der Waals surface area contributed by atoms with Crippen LogP contribution in [0.3, 0.4) is 0 Å². The third-order valence-electron chi connectivity index (χ3n) is 3.89. The SMILES string of the molecule is COCCN1CCCN(C(=O)Cc2ccc(N)cc2)CC1.Cl. The van der Waals surface area contributed by atoms with Crippen LogP contribution in [0, 0.1) is 0 Å². The summed E-state index contributed by atoms with van der Waals surface area (Å²) in [5.74, 6) is 0.202. The first-order valence-corrected chi connectivity index (χ1v) is 7.52. The molecule has 0 saturated carbocycles. The van der Waals surface area contributed by atoms with Gasteiger partial charge in [0.2, 0.25) is 5.91 Å². The zero-order valence-corrected chi connectivity index (χ0v) is 14.0. The van der Waals surface area contributed by atoms with Crippen molar-refractivity contribution in [3.8, 4) is 0 Å². The normalized spacial score (nSPS) is 16.0. The fourth-order valence-corrected chi connectivity index (χ4v) is 2.59. The lowest BCUT2D eigenvalue weighted by atomic mass is 10.1. The highest BCUT2D eigenvalue weighted by Crippen LogP contribution is 2.09. The molecule has 124 valence electrons. The number of amides is 1. The van der Waals surface area contributed by atoms with Crippen LogP contribution in [0.25, 0.3) is 0 Å². The van der Waals surface area contributed by atoms with Crippen LogP contribution < -0.4 is 5.73 Å². The second kappa shape index (κ2) is 9.66. The molecule has 0 atom stereocenters. The van der Waals surface area contributed by atoms with E-state index in [1.165, 1.54) is 0 Å². The fraction of sp³-hybridized carbons (Fsp3) is 0.562. The predicted octanol–water partition coefficient (Wildman–Crippen LogP) is 1.41. The quantitative estimate of drug-likeness (QED) is 0.831. The Hall–Kier alpha value is -1.30. The van der Waals surface area contributed by atoms with Crippen molar-refractivity contribution in [1.29, 1.82) is 0 Å². The number of rotatable bonds is 5. The Bertz CT molecular complexity index is 453. The molecule has 1 amide bonds. The molecule has 1 aromatic rings. The number of nitrogens with zero attached hydrogens (tertiary/aromatic N) is 2. The summed E-state index contributed by atoms with van der Waals surface area (Å²) in [6.45, 7) is 5.30. The van der Waals surface area contributed by atoms with Crippen molar-refractivity contribution < 1.29 is 9.53 Å². The molecule has 22 heavy (non-hydrogen) atoms. The highest BCUT2D eigenvalue weighted by atomic mass is 35.5. The smallest absolute Gasteiger partial charge is 0.227 e. The van der Waals surface area contributed by atoms with Crippen molar-refractivity contribution >= 4 is 24.0 Å². The van der Waals surface area contributed by atoms with E-state index in [0.29, 0.717) is 6.42 Å². The summed E-state index contributed by atoms with van der Waals surface area (Å²) >= 11 is 0. The molecule has 0 bridgehead atoms. The minimum Gasteiger partial charge on any atom is -0.399 e. The van der Waals surface area contributed by atoms with Gasteiger partial charge in [-0.25, -0.2) is 0 Å². The van der Waals surface area contributed by atoms with Gasteiger partial charge < -0.3 is 15.4 Å². The number of methoxy groups -OCH3 is 1. The van der Waals surface area contributed by atoms with Crippen molar-refractivity contribution in [2.75, 3.05) is 52.2 Å². The summed E-state index contributed by atoms with van der Waals surface area (Å²) < 4.78 is 5.12. The molecule has 1 fully saturated rings. The number of hydrogen-bond donors (Lipinski definition) is 1. The molecular formula is C16H26ClN3O2. The van der Waals surface area contributed by atoms with Gasteiger partial charge >= 0.3 is 0 Å². The Morgan fingerprint density at radius 3 is 2.59 bits per heavy atom. The molecule has 2 N–H and O–H groups in total. The zero-order valence-electron chi connectivity index (χ0n) is 13.2. The highest BCUT2D eigenvalue weighted by Gasteiger charge is 2.18.